The molecule has 1 rings (SSSR count). The Hall–Kier alpha value is -0.980. The van der Waals surface area contributed by atoms with Crippen molar-refractivity contribution in [3.05, 3.63) is 28.8 Å². The Balaban J connectivity index is 3.06. The standard InChI is InChI=1S/C12H18O/c1-5-6-11-7-9(2)10(3)12(8-11)13-4/h7-8H,5-6H2,1-4H3. The molecule has 0 fully saturated rings. The molecule has 0 spiro atoms. The lowest BCUT2D eigenvalue weighted by Crippen LogP contribution is -1.93. The number of ether oxygens (including phenoxy) is 1. The lowest BCUT2D eigenvalue weighted by atomic mass is 10.0. The Labute approximate surface area is 80.7 Å². The average molecular weight is 178 g/mol. The SMILES string of the molecule is CCCc1cc(C)c(C)c(OC)c1. The summed E-state index contributed by atoms with van der Waals surface area (Å²) in [6.07, 6.45) is 2.32. The molecule has 0 bridgehead atoms. The van der Waals surface area contributed by atoms with Gasteiger partial charge in [-0.15, -0.1) is 0 Å². The minimum absolute atomic E-state index is 1.02. The molecule has 13 heavy (non-hydrogen) atoms. The van der Waals surface area contributed by atoms with E-state index in [1.165, 1.54) is 23.1 Å². The average Bonchev–Trinajstić information content (AvgIpc) is 2.11. The van der Waals surface area contributed by atoms with Gasteiger partial charge in [-0.25, -0.2) is 0 Å². The summed E-state index contributed by atoms with van der Waals surface area (Å²) in [6.45, 7) is 6.43. The molecule has 1 aromatic rings. The van der Waals surface area contributed by atoms with E-state index < -0.39 is 0 Å². The largest absolute Gasteiger partial charge is 0.496 e. The van der Waals surface area contributed by atoms with E-state index in [4.69, 9.17) is 4.74 Å². The molecule has 1 nitrogen and oxygen atoms in total. The number of hydrogen-bond donors (Lipinski definition) is 0. The number of hydrogen-bond acceptors (Lipinski definition) is 1. The van der Waals surface area contributed by atoms with Crippen molar-refractivity contribution < 1.29 is 4.74 Å². The van der Waals surface area contributed by atoms with E-state index in [1.54, 1.807) is 7.11 Å². The summed E-state index contributed by atoms with van der Waals surface area (Å²) in [4.78, 5) is 0. The van der Waals surface area contributed by atoms with E-state index in [-0.39, 0.29) is 0 Å². The first kappa shape index (κ1) is 10.1. The monoisotopic (exact) mass is 178 g/mol. The molecule has 1 heteroatoms. The third-order valence-electron chi connectivity index (χ3n) is 2.44. The number of rotatable bonds is 3. The van der Waals surface area contributed by atoms with Gasteiger partial charge < -0.3 is 4.74 Å². The molecular weight excluding hydrogens is 160 g/mol. The zero-order valence-corrected chi connectivity index (χ0v) is 8.98. The van der Waals surface area contributed by atoms with Gasteiger partial charge in [-0.05, 0) is 43.0 Å². The summed E-state index contributed by atoms with van der Waals surface area (Å²) in [5.41, 5.74) is 3.95. The molecule has 0 saturated carbocycles. The molecular formula is C12H18O. The Morgan fingerprint density at radius 1 is 1.23 bits per heavy atom. The predicted octanol–water partition coefficient (Wildman–Crippen LogP) is 3.26. The van der Waals surface area contributed by atoms with Crippen molar-refractivity contribution in [1.29, 1.82) is 0 Å². The van der Waals surface area contributed by atoms with E-state index in [1.807, 2.05) is 0 Å². The second-order valence-electron chi connectivity index (χ2n) is 3.49. The van der Waals surface area contributed by atoms with Gasteiger partial charge in [0.25, 0.3) is 0 Å². The smallest absolute Gasteiger partial charge is 0.122 e. The summed E-state index contributed by atoms with van der Waals surface area (Å²) in [6, 6.07) is 4.40. The van der Waals surface area contributed by atoms with Crippen LogP contribution in [0.25, 0.3) is 0 Å². The minimum Gasteiger partial charge on any atom is -0.496 e. The lowest BCUT2D eigenvalue weighted by molar-refractivity contribution is 0.410. The molecule has 0 amide bonds. The van der Waals surface area contributed by atoms with Gasteiger partial charge in [0.2, 0.25) is 0 Å². The van der Waals surface area contributed by atoms with Crippen LogP contribution in [0.5, 0.6) is 5.75 Å². The highest BCUT2D eigenvalue weighted by molar-refractivity contribution is 5.42. The minimum atomic E-state index is 1.02. The Morgan fingerprint density at radius 3 is 2.46 bits per heavy atom. The van der Waals surface area contributed by atoms with Crippen LogP contribution in [0.3, 0.4) is 0 Å². The molecule has 0 unspecified atom stereocenters. The highest BCUT2D eigenvalue weighted by atomic mass is 16.5. The maximum absolute atomic E-state index is 5.31. The van der Waals surface area contributed by atoms with Gasteiger partial charge in [-0.1, -0.05) is 19.4 Å². The molecule has 0 saturated heterocycles. The lowest BCUT2D eigenvalue weighted by Gasteiger charge is -2.10. The van der Waals surface area contributed by atoms with E-state index >= 15 is 0 Å². The second kappa shape index (κ2) is 4.31. The van der Waals surface area contributed by atoms with Crippen molar-refractivity contribution in [1.82, 2.24) is 0 Å². The zero-order valence-electron chi connectivity index (χ0n) is 8.98. The first-order valence-corrected chi connectivity index (χ1v) is 4.83. The van der Waals surface area contributed by atoms with Crippen LogP contribution >= 0.6 is 0 Å². The predicted molar refractivity (Wildman–Crippen MR) is 56.5 cm³/mol. The van der Waals surface area contributed by atoms with Gasteiger partial charge >= 0.3 is 0 Å². The van der Waals surface area contributed by atoms with E-state index in [2.05, 4.69) is 32.9 Å². The fourth-order valence-corrected chi connectivity index (χ4v) is 1.54. The summed E-state index contributed by atoms with van der Waals surface area (Å²) < 4.78 is 5.31. The molecule has 0 aromatic heterocycles. The summed E-state index contributed by atoms with van der Waals surface area (Å²) in [5, 5.41) is 0. The molecule has 0 aliphatic carbocycles. The van der Waals surface area contributed by atoms with Crippen molar-refractivity contribution in [2.75, 3.05) is 7.11 Å². The molecule has 0 atom stereocenters. The maximum atomic E-state index is 5.31. The Morgan fingerprint density at radius 2 is 1.92 bits per heavy atom. The molecule has 0 aliphatic heterocycles. The zero-order chi connectivity index (χ0) is 9.84. The molecule has 72 valence electrons. The van der Waals surface area contributed by atoms with Crippen LogP contribution in [0.15, 0.2) is 12.1 Å². The van der Waals surface area contributed by atoms with Crippen LogP contribution in [-0.4, -0.2) is 7.11 Å². The normalized spacial score (nSPS) is 10.2. The number of methoxy groups -OCH3 is 1. The first-order valence-electron chi connectivity index (χ1n) is 4.83. The van der Waals surface area contributed by atoms with Crippen LogP contribution in [-0.2, 0) is 6.42 Å². The first-order chi connectivity index (χ1) is 6.19. The molecule has 0 heterocycles. The fraction of sp³-hybridized carbons (Fsp3) is 0.500. The third-order valence-corrected chi connectivity index (χ3v) is 2.44. The van der Waals surface area contributed by atoms with Gasteiger partial charge in [0, 0.05) is 0 Å². The summed E-state index contributed by atoms with van der Waals surface area (Å²) in [7, 11) is 1.73. The van der Waals surface area contributed by atoms with Crippen molar-refractivity contribution in [2.24, 2.45) is 0 Å². The highest BCUT2D eigenvalue weighted by Gasteiger charge is 2.03. The van der Waals surface area contributed by atoms with Crippen LogP contribution in [0.1, 0.15) is 30.0 Å². The summed E-state index contributed by atoms with van der Waals surface area (Å²) in [5.74, 6) is 1.02. The Bertz CT molecular complexity index is 289. The van der Waals surface area contributed by atoms with Crippen molar-refractivity contribution in [3.8, 4) is 5.75 Å². The van der Waals surface area contributed by atoms with Crippen LogP contribution < -0.4 is 4.74 Å². The van der Waals surface area contributed by atoms with Crippen LogP contribution in [0.2, 0.25) is 0 Å². The molecule has 0 N–H and O–H groups in total. The summed E-state index contributed by atoms with van der Waals surface area (Å²) >= 11 is 0. The number of benzene rings is 1. The quantitative estimate of drug-likeness (QED) is 0.690. The molecule has 1 aromatic carbocycles. The van der Waals surface area contributed by atoms with Crippen molar-refractivity contribution >= 4 is 0 Å². The van der Waals surface area contributed by atoms with Gasteiger partial charge in [-0.3, -0.25) is 0 Å². The topological polar surface area (TPSA) is 9.23 Å². The molecule has 0 radical (unpaired) electrons. The van der Waals surface area contributed by atoms with Gasteiger partial charge in [0.05, 0.1) is 7.11 Å². The highest BCUT2D eigenvalue weighted by Crippen LogP contribution is 2.23. The van der Waals surface area contributed by atoms with Crippen molar-refractivity contribution in [2.45, 2.75) is 33.6 Å². The fourth-order valence-electron chi connectivity index (χ4n) is 1.54. The Kier molecular flexibility index (Phi) is 3.35. The van der Waals surface area contributed by atoms with E-state index in [0.717, 1.165) is 12.2 Å². The van der Waals surface area contributed by atoms with Gasteiger partial charge in [0.1, 0.15) is 5.75 Å². The third kappa shape index (κ3) is 2.24. The van der Waals surface area contributed by atoms with Crippen LogP contribution in [0.4, 0.5) is 0 Å². The van der Waals surface area contributed by atoms with E-state index in [9.17, 15) is 0 Å². The van der Waals surface area contributed by atoms with E-state index in [0.29, 0.717) is 0 Å². The van der Waals surface area contributed by atoms with Gasteiger partial charge in [-0.2, -0.15) is 0 Å². The number of aryl methyl sites for hydroxylation is 2. The molecule has 0 aliphatic rings. The van der Waals surface area contributed by atoms with Crippen LogP contribution in [0, 0.1) is 13.8 Å². The maximum Gasteiger partial charge on any atom is 0.122 e. The van der Waals surface area contributed by atoms with Crippen molar-refractivity contribution in [3.63, 3.8) is 0 Å². The van der Waals surface area contributed by atoms with Gasteiger partial charge in [0.15, 0.2) is 0 Å². The second-order valence-corrected chi connectivity index (χ2v) is 3.49.